The average molecular weight is 388 g/mol. The Labute approximate surface area is 155 Å². The molecule has 0 aliphatic carbocycles. The molecule has 0 saturated carbocycles. The number of ether oxygens (including phenoxy) is 1. The SMILES string of the molecule is COC(=O)c1ccccc1S(=O)(=O)Oc1cc(=O)oc2cc(C)c(C)cc12. The van der Waals surface area contributed by atoms with Crippen molar-refractivity contribution in [2.45, 2.75) is 18.7 Å². The Balaban J connectivity index is 2.17. The normalized spacial score (nSPS) is 11.4. The van der Waals surface area contributed by atoms with E-state index in [0.29, 0.717) is 5.39 Å². The monoisotopic (exact) mass is 388 g/mol. The molecule has 0 atom stereocenters. The summed E-state index contributed by atoms with van der Waals surface area (Å²) in [7, 11) is -3.27. The summed E-state index contributed by atoms with van der Waals surface area (Å²) in [5.41, 5.74) is 1.03. The summed E-state index contributed by atoms with van der Waals surface area (Å²) in [6.07, 6.45) is 0. The van der Waals surface area contributed by atoms with Crippen LogP contribution >= 0.6 is 0 Å². The molecule has 8 heteroatoms. The van der Waals surface area contributed by atoms with Crippen LogP contribution in [0.3, 0.4) is 0 Å². The number of carbonyl (C=O) groups excluding carboxylic acids is 1. The zero-order valence-corrected chi connectivity index (χ0v) is 15.6. The summed E-state index contributed by atoms with van der Waals surface area (Å²) < 4.78 is 40.5. The van der Waals surface area contributed by atoms with Gasteiger partial charge in [-0.25, -0.2) is 9.59 Å². The first kappa shape index (κ1) is 18.7. The molecule has 0 bridgehead atoms. The molecule has 27 heavy (non-hydrogen) atoms. The van der Waals surface area contributed by atoms with Crippen LogP contribution in [-0.2, 0) is 14.9 Å². The molecular formula is C19H16O7S. The van der Waals surface area contributed by atoms with Crippen LogP contribution in [0.15, 0.2) is 56.6 Å². The van der Waals surface area contributed by atoms with E-state index in [9.17, 15) is 18.0 Å². The summed E-state index contributed by atoms with van der Waals surface area (Å²) in [6, 6.07) is 9.75. The highest BCUT2D eigenvalue weighted by atomic mass is 32.2. The fourth-order valence-corrected chi connectivity index (χ4v) is 3.71. The number of hydrogen-bond acceptors (Lipinski definition) is 7. The van der Waals surface area contributed by atoms with Gasteiger partial charge in [0.05, 0.1) is 24.1 Å². The first-order chi connectivity index (χ1) is 12.7. The lowest BCUT2D eigenvalue weighted by molar-refractivity contribution is 0.0596. The largest absolute Gasteiger partial charge is 0.465 e. The van der Waals surface area contributed by atoms with E-state index >= 15 is 0 Å². The maximum absolute atomic E-state index is 12.8. The van der Waals surface area contributed by atoms with Crippen LogP contribution < -0.4 is 9.81 Å². The average Bonchev–Trinajstić information content (AvgIpc) is 2.62. The van der Waals surface area contributed by atoms with Gasteiger partial charge >= 0.3 is 21.7 Å². The molecular weight excluding hydrogens is 372 g/mol. The molecule has 1 heterocycles. The fraction of sp³-hybridized carbons (Fsp3) is 0.158. The third-order valence-corrected chi connectivity index (χ3v) is 5.38. The van der Waals surface area contributed by atoms with E-state index in [0.717, 1.165) is 24.3 Å². The molecule has 0 unspecified atom stereocenters. The van der Waals surface area contributed by atoms with Crippen molar-refractivity contribution >= 4 is 27.1 Å². The van der Waals surface area contributed by atoms with Gasteiger partial charge in [-0.05, 0) is 49.2 Å². The Bertz CT molecular complexity index is 1210. The van der Waals surface area contributed by atoms with Crippen molar-refractivity contribution in [3.05, 3.63) is 69.6 Å². The van der Waals surface area contributed by atoms with Crippen molar-refractivity contribution in [1.82, 2.24) is 0 Å². The van der Waals surface area contributed by atoms with E-state index in [4.69, 9.17) is 8.60 Å². The van der Waals surface area contributed by atoms with E-state index in [2.05, 4.69) is 4.74 Å². The van der Waals surface area contributed by atoms with Crippen molar-refractivity contribution in [3.8, 4) is 5.75 Å². The second kappa shape index (κ2) is 6.88. The van der Waals surface area contributed by atoms with Crippen molar-refractivity contribution in [2.75, 3.05) is 7.11 Å². The Morgan fingerprint density at radius 3 is 2.41 bits per heavy atom. The topological polar surface area (TPSA) is 99.9 Å². The van der Waals surface area contributed by atoms with Gasteiger partial charge in [-0.15, -0.1) is 0 Å². The summed E-state index contributed by atoms with van der Waals surface area (Å²) in [4.78, 5) is 23.3. The second-order valence-electron chi connectivity index (χ2n) is 5.89. The van der Waals surface area contributed by atoms with Gasteiger partial charge in [0.15, 0.2) is 5.75 Å². The van der Waals surface area contributed by atoms with Crippen LogP contribution in [0.5, 0.6) is 5.75 Å². The number of aryl methyl sites for hydroxylation is 2. The van der Waals surface area contributed by atoms with Crippen LogP contribution in [0.4, 0.5) is 0 Å². The highest BCUT2D eigenvalue weighted by Gasteiger charge is 2.26. The Morgan fingerprint density at radius 1 is 1.04 bits per heavy atom. The van der Waals surface area contributed by atoms with Gasteiger partial charge in [-0.1, -0.05) is 12.1 Å². The molecule has 140 valence electrons. The highest BCUT2D eigenvalue weighted by molar-refractivity contribution is 7.87. The second-order valence-corrected chi connectivity index (χ2v) is 7.40. The van der Waals surface area contributed by atoms with E-state index < -0.39 is 21.7 Å². The van der Waals surface area contributed by atoms with Crippen molar-refractivity contribution in [1.29, 1.82) is 0 Å². The summed E-state index contributed by atoms with van der Waals surface area (Å²) in [5.74, 6) is -0.995. The molecule has 0 N–H and O–H groups in total. The molecule has 1 aromatic heterocycles. The van der Waals surface area contributed by atoms with Crippen LogP contribution in [0.2, 0.25) is 0 Å². The van der Waals surface area contributed by atoms with Crippen LogP contribution in [0.25, 0.3) is 11.0 Å². The number of fused-ring (bicyclic) bond motifs is 1. The van der Waals surface area contributed by atoms with Gasteiger partial charge in [-0.3, -0.25) is 0 Å². The summed E-state index contributed by atoms with van der Waals surface area (Å²) in [6.45, 7) is 3.68. The van der Waals surface area contributed by atoms with Crippen LogP contribution in [-0.4, -0.2) is 21.5 Å². The highest BCUT2D eigenvalue weighted by Crippen LogP contribution is 2.30. The van der Waals surface area contributed by atoms with Crippen molar-refractivity contribution in [2.24, 2.45) is 0 Å². The third kappa shape index (κ3) is 3.56. The molecule has 2 aromatic carbocycles. The first-order valence-electron chi connectivity index (χ1n) is 7.90. The summed E-state index contributed by atoms with van der Waals surface area (Å²) in [5, 5.41) is 0.330. The van der Waals surface area contributed by atoms with Gasteiger partial charge < -0.3 is 13.3 Å². The molecule has 0 amide bonds. The number of carbonyl (C=O) groups is 1. The van der Waals surface area contributed by atoms with Crippen molar-refractivity contribution < 1.29 is 26.5 Å². The predicted octanol–water partition coefficient (Wildman–Crippen LogP) is 2.96. The molecule has 0 aliphatic heterocycles. The first-order valence-corrected chi connectivity index (χ1v) is 9.30. The van der Waals surface area contributed by atoms with E-state index in [1.807, 2.05) is 13.8 Å². The Kier molecular flexibility index (Phi) is 4.75. The summed E-state index contributed by atoms with van der Waals surface area (Å²) >= 11 is 0. The van der Waals surface area contributed by atoms with E-state index in [1.54, 1.807) is 12.1 Å². The number of esters is 1. The van der Waals surface area contributed by atoms with Crippen LogP contribution in [0, 0.1) is 13.8 Å². The third-order valence-electron chi connectivity index (χ3n) is 4.08. The van der Waals surface area contributed by atoms with Gasteiger partial charge in [0, 0.05) is 0 Å². The fourth-order valence-electron chi connectivity index (χ4n) is 2.58. The minimum absolute atomic E-state index is 0.167. The number of methoxy groups -OCH3 is 1. The van der Waals surface area contributed by atoms with Gasteiger partial charge in [0.2, 0.25) is 0 Å². The Morgan fingerprint density at radius 2 is 1.70 bits per heavy atom. The molecule has 3 rings (SSSR count). The lowest BCUT2D eigenvalue weighted by Gasteiger charge is -2.12. The zero-order valence-electron chi connectivity index (χ0n) is 14.8. The van der Waals surface area contributed by atoms with Crippen LogP contribution in [0.1, 0.15) is 21.5 Å². The quantitative estimate of drug-likeness (QED) is 0.385. The molecule has 0 fully saturated rings. The van der Waals surface area contributed by atoms with E-state index in [1.165, 1.54) is 24.3 Å². The van der Waals surface area contributed by atoms with Gasteiger partial charge in [-0.2, -0.15) is 8.42 Å². The zero-order chi connectivity index (χ0) is 19.8. The predicted molar refractivity (Wildman–Crippen MR) is 97.6 cm³/mol. The molecule has 3 aromatic rings. The minimum Gasteiger partial charge on any atom is -0.465 e. The lowest BCUT2D eigenvalue weighted by Crippen LogP contribution is -2.16. The smallest absolute Gasteiger partial charge is 0.340 e. The minimum atomic E-state index is -4.41. The molecule has 0 radical (unpaired) electrons. The lowest BCUT2D eigenvalue weighted by atomic mass is 10.1. The van der Waals surface area contributed by atoms with Crippen molar-refractivity contribution in [3.63, 3.8) is 0 Å². The number of rotatable bonds is 4. The molecule has 0 aliphatic rings. The molecule has 0 saturated heterocycles. The standard InChI is InChI=1S/C19H16O7S/c1-11-8-14-15(9-12(11)2)25-18(20)10-16(14)26-27(22,23)17-7-5-4-6-13(17)19(21)24-3/h4-10H,1-3H3. The van der Waals surface area contributed by atoms with Gasteiger partial charge in [0.1, 0.15) is 10.5 Å². The van der Waals surface area contributed by atoms with Gasteiger partial charge in [0.25, 0.3) is 0 Å². The maximum Gasteiger partial charge on any atom is 0.340 e. The molecule has 7 nitrogen and oxygen atoms in total. The molecule has 0 spiro atoms. The van der Waals surface area contributed by atoms with E-state index in [-0.39, 0.29) is 21.8 Å². The number of benzene rings is 2. The number of hydrogen-bond donors (Lipinski definition) is 0. The Hall–Kier alpha value is -3.13. The maximum atomic E-state index is 12.8.